The molecule has 0 unspecified atom stereocenters. The lowest BCUT2D eigenvalue weighted by atomic mass is 10.4. The molecule has 78 valence electrons. The van der Waals surface area contributed by atoms with Crippen LogP contribution in [-0.4, -0.2) is 8.42 Å². The average Bonchev–Trinajstić information content (AvgIpc) is 2.04. The van der Waals surface area contributed by atoms with E-state index < -0.39 is 10.1 Å². The van der Waals surface area contributed by atoms with Crippen LogP contribution in [0, 0.1) is 0 Å². The van der Waals surface area contributed by atoms with Crippen LogP contribution in [-0.2, 0) is 14.3 Å². The number of allylic oxidation sites excluding steroid dienone is 1. The number of hydrogen-bond donors (Lipinski definition) is 1. The lowest BCUT2D eigenvalue weighted by Gasteiger charge is -2.04. The summed E-state index contributed by atoms with van der Waals surface area (Å²) in [5.41, 5.74) is 0. The van der Waals surface area contributed by atoms with Crippen molar-refractivity contribution in [2.75, 3.05) is 0 Å². The fraction of sp³-hybridized carbons (Fsp3) is 0.111. The van der Waals surface area contributed by atoms with E-state index in [1.807, 2.05) is 0 Å². The maximum absolute atomic E-state index is 11.4. The first-order valence-electron chi connectivity index (χ1n) is 3.67. The molecule has 0 radical (unpaired) electrons. The summed E-state index contributed by atoms with van der Waals surface area (Å²) in [5.74, 6) is 0.156. The van der Waals surface area contributed by atoms with Crippen LogP contribution in [0.25, 0.3) is 0 Å². The molecule has 14 heavy (non-hydrogen) atoms. The predicted molar refractivity (Wildman–Crippen MR) is 54.5 cm³/mol. The van der Waals surface area contributed by atoms with E-state index in [0.717, 1.165) is 0 Å². The van der Waals surface area contributed by atoms with Gasteiger partial charge in [-0.15, -0.1) is 0 Å². The molecule has 0 aromatic heterocycles. The Kier molecular flexibility index (Phi) is 4.33. The van der Waals surface area contributed by atoms with Crippen molar-refractivity contribution >= 4 is 10.1 Å². The molecule has 0 aliphatic carbocycles. The normalized spacial score (nSPS) is 10.1. The fourth-order valence-electron chi connectivity index (χ4n) is 0.823. The molecule has 0 bridgehead atoms. The Hall–Kier alpha value is -1.33. The monoisotopic (exact) mass is 215 g/mol. The van der Waals surface area contributed by atoms with E-state index in [1.165, 1.54) is 19.1 Å². The number of benzene rings is 1. The van der Waals surface area contributed by atoms with Gasteiger partial charge in [0.2, 0.25) is 0 Å². The van der Waals surface area contributed by atoms with Gasteiger partial charge < -0.3 is 10.3 Å². The highest BCUT2D eigenvalue weighted by molar-refractivity contribution is 7.86. The Morgan fingerprint density at radius 1 is 1.29 bits per heavy atom. The van der Waals surface area contributed by atoms with Gasteiger partial charge in [-0.3, -0.25) is 0 Å². The Morgan fingerprint density at radius 2 is 1.79 bits per heavy atom. The summed E-state index contributed by atoms with van der Waals surface area (Å²) in [7, 11) is -3.66. The summed E-state index contributed by atoms with van der Waals surface area (Å²) < 4.78 is 27.3. The van der Waals surface area contributed by atoms with Crippen LogP contribution in [0.15, 0.2) is 47.6 Å². The Labute approximate surface area is 83.9 Å². The van der Waals surface area contributed by atoms with Gasteiger partial charge in [-0.25, -0.2) is 0 Å². The van der Waals surface area contributed by atoms with Crippen LogP contribution in [0.3, 0.4) is 0 Å². The fourth-order valence-corrected chi connectivity index (χ4v) is 1.78. The number of hydrogen-bond acceptors (Lipinski definition) is 4. The highest BCUT2D eigenvalue weighted by Crippen LogP contribution is 2.13. The third kappa shape index (κ3) is 3.20. The minimum Gasteiger partial charge on any atom is -0.384 e. The topological polar surface area (TPSA) is 78.4 Å². The third-order valence-electron chi connectivity index (χ3n) is 1.28. The summed E-state index contributed by atoms with van der Waals surface area (Å²) in [5, 5.41) is 0. The summed E-state index contributed by atoms with van der Waals surface area (Å²) >= 11 is 0. The Balaban J connectivity index is 0.00000169. The van der Waals surface area contributed by atoms with Gasteiger partial charge in [-0.05, 0) is 19.1 Å². The van der Waals surface area contributed by atoms with Crippen LogP contribution in [0.5, 0.6) is 0 Å². The molecule has 0 aliphatic heterocycles. The summed E-state index contributed by atoms with van der Waals surface area (Å²) in [6.07, 6.45) is 0. The van der Waals surface area contributed by atoms with E-state index in [9.17, 15) is 8.42 Å². The van der Waals surface area contributed by atoms with Crippen molar-refractivity contribution in [2.45, 2.75) is 11.8 Å². The molecule has 0 amide bonds. The maximum Gasteiger partial charge on any atom is 0.338 e. The van der Waals surface area contributed by atoms with Crippen molar-refractivity contribution in [1.29, 1.82) is 0 Å². The zero-order chi connectivity index (χ0) is 9.90. The first-order chi connectivity index (χ1) is 6.02. The molecular formula is C9H13NO3S. The van der Waals surface area contributed by atoms with Crippen LogP contribution in [0.1, 0.15) is 6.92 Å². The van der Waals surface area contributed by atoms with Gasteiger partial charge in [0.25, 0.3) is 0 Å². The Morgan fingerprint density at radius 3 is 2.21 bits per heavy atom. The zero-order valence-corrected chi connectivity index (χ0v) is 8.75. The van der Waals surface area contributed by atoms with E-state index >= 15 is 0 Å². The standard InChI is InChI=1S/C9H10O3S.H3N/c1-8(2)12-13(10,11)9-6-4-3-5-7-9;/h3-7H,1H2,2H3;1H3. The smallest absolute Gasteiger partial charge is 0.338 e. The van der Waals surface area contributed by atoms with Crippen LogP contribution < -0.4 is 6.15 Å². The van der Waals surface area contributed by atoms with Gasteiger partial charge in [0, 0.05) is 0 Å². The van der Waals surface area contributed by atoms with Crippen molar-refractivity contribution in [3.05, 3.63) is 42.7 Å². The molecule has 0 spiro atoms. The minimum atomic E-state index is -3.66. The molecule has 3 N–H and O–H groups in total. The van der Waals surface area contributed by atoms with Crippen LogP contribution in [0.2, 0.25) is 0 Å². The molecule has 4 nitrogen and oxygen atoms in total. The van der Waals surface area contributed by atoms with Gasteiger partial charge in [-0.1, -0.05) is 24.8 Å². The molecule has 0 heterocycles. The highest BCUT2D eigenvalue weighted by Gasteiger charge is 2.14. The van der Waals surface area contributed by atoms with E-state index in [0.29, 0.717) is 0 Å². The van der Waals surface area contributed by atoms with Gasteiger partial charge in [0.15, 0.2) is 0 Å². The molecule has 0 aliphatic rings. The van der Waals surface area contributed by atoms with Crippen molar-refractivity contribution in [3.8, 4) is 0 Å². The minimum absolute atomic E-state index is 0. The second kappa shape index (κ2) is 4.78. The first-order valence-corrected chi connectivity index (χ1v) is 5.08. The number of rotatable bonds is 3. The lowest BCUT2D eigenvalue weighted by Crippen LogP contribution is -2.03. The molecular weight excluding hydrogens is 202 g/mol. The van der Waals surface area contributed by atoms with Gasteiger partial charge in [0.1, 0.15) is 10.7 Å². The maximum atomic E-state index is 11.4. The highest BCUT2D eigenvalue weighted by atomic mass is 32.2. The Bertz CT molecular complexity index is 397. The molecule has 1 aromatic rings. The van der Waals surface area contributed by atoms with Gasteiger partial charge >= 0.3 is 10.1 Å². The molecule has 0 atom stereocenters. The summed E-state index contributed by atoms with van der Waals surface area (Å²) in [4.78, 5) is 0.137. The van der Waals surface area contributed by atoms with E-state index in [1.54, 1.807) is 18.2 Å². The second-order valence-electron chi connectivity index (χ2n) is 2.55. The molecule has 0 saturated heterocycles. The van der Waals surface area contributed by atoms with Gasteiger partial charge in [-0.2, -0.15) is 8.42 Å². The third-order valence-corrected chi connectivity index (χ3v) is 2.64. The second-order valence-corrected chi connectivity index (χ2v) is 4.10. The van der Waals surface area contributed by atoms with Crippen molar-refractivity contribution in [1.82, 2.24) is 6.15 Å². The predicted octanol–water partition coefficient (Wildman–Crippen LogP) is 2.09. The zero-order valence-electron chi connectivity index (χ0n) is 7.93. The molecule has 0 fully saturated rings. The average molecular weight is 215 g/mol. The summed E-state index contributed by atoms with van der Waals surface area (Å²) in [6, 6.07) is 7.94. The largest absolute Gasteiger partial charge is 0.384 e. The van der Waals surface area contributed by atoms with Crippen molar-refractivity contribution in [3.63, 3.8) is 0 Å². The molecule has 1 rings (SSSR count). The lowest BCUT2D eigenvalue weighted by molar-refractivity contribution is 0.410. The van der Waals surface area contributed by atoms with Crippen LogP contribution in [0.4, 0.5) is 0 Å². The van der Waals surface area contributed by atoms with Crippen molar-refractivity contribution in [2.24, 2.45) is 0 Å². The van der Waals surface area contributed by atoms with E-state index in [4.69, 9.17) is 0 Å². The molecule has 0 saturated carbocycles. The van der Waals surface area contributed by atoms with E-state index in [-0.39, 0.29) is 16.8 Å². The summed E-state index contributed by atoms with van der Waals surface area (Å²) in [6.45, 7) is 4.85. The molecule has 1 aromatic carbocycles. The van der Waals surface area contributed by atoms with Gasteiger partial charge in [0.05, 0.1) is 0 Å². The molecule has 5 heteroatoms. The first kappa shape index (κ1) is 12.7. The quantitative estimate of drug-likeness (QED) is 0.618. The van der Waals surface area contributed by atoms with Crippen molar-refractivity contribution < 1.29 is 12.6 Å². The van der Waals surface area contributed by atoms with Crippen LogP contribution >= 0.6 is 0 Å². The van der Waals surface area contributed by atoms with E-state index in [2.05, 4.69) is 10.8 Å². The SMILES string of the molecule is C=C(C)OS(=O)(=O)c1ccccc1.N.